The lowest BCUT2D eigenvalue weighted by Crippen LogP contribution is -2.32. The van der Waals surface area contributed by atoms with E-state index in [2.05, 4.69) is 11.5 Å². The van der Waals surface area contributed by atoms with Crippen LogP contribution in [-0.4, -0.2) is 17.6 Å². The van der Waals surface area contributed by atoms with Gasteiger partial charge in [-0.05, 0) is 49.1 Å². The van der Waals surface area contributed by atoms with E-state index in [1.165, 1.54) is 18.2 Å². The van der Waals surface area contributed by atoms with Crippen molar-refractivity contribution in [2.24, 2.45) is 0 Å². The van der Waals surface area contributed by atoms with Crippen LogP contribution in [0.1, 0.15) is 30.3 Å². The molecule has 25 heavy (non-hydrogen) atoms. The number of hydrazine groups is 1. The minimum atomic E-state index is -0.385. The number of allylic oxidation sites excluding steroid dienone is 1. The Morgan fingerprint density at radius 2 is 2.12 bits per heavy atom. The van der Waals surface area contributed by atoms with Crippen molar-refractivity contribution in [3.8, 4) is 0 Å². The van der Waals surface area contributed by atoms with Crippen LogP contribution < -0.4 is 5.43 Å². The van der Waals surface area contributed by atoms with Gasteiger partial charge in [-0.25, -0.2) is 9.18 Å². The van der Waals surface area contributed by atoms with Gasteiger partial charge in [0, 0.05) is 11.8 Å². The first-order valence-electron chi connectivity index (χ1n) is 8.00. The van der Waals surface area contributed by atoms with Crippen LogP contribution in [0.2, 0.25) is 0 Å². The number of hydrogen-bond donors (Lipinski definition) is 1. The third kappa shape index (κ3) is 3.91. The van der Waals surface area contributed by atoms with Crippen molar-refractivity contribution in [2.45, 2.75) is 19.9 Å². The van der Waals surface area contributed by atoms with Crippen molar-refractivity contribution >= 4 is 23.0 Å². The minimum Gasteiger partial charge on any atom is -0.463 e. The van der Waals surface area contributed by atoms with E-state index >= 15 is 0 Å². The molecule has 130 valence electrons. The number of ether oxygens (including phenoxy) is 1. The van der Waals surface area contributed by atoms with E-state index in [-0.39, 0.29) is 17.8 Å². The fourth-order valence-corrected chi connectivity index (χ4v) is 3.38. The van der Waals surface area contributed by atoms with E-state index in [9.17, 15) is 9.18 Å². The Bertz CT molecular complexity index is 797. The molecule has 4 nitrogen and oxygen atoms in total. The molecule has 1 atom stereocenters. The number of nitrogens with zero attached hydrogens (tertiary/aromatic N) is 1. The third-order valence-corrected chi connectivity index (χ3v) is 4.74. The highest BCUT2D eigenvalue weighted by Gasteiger charge is 2.27. The lowest BCUT2D eigenvalue weighted by atomic mass is 10.1. The average molecular weight is 358 g/mol. The molecule has 2 aromatic rings. The molecule has 6 heteroatoms. The number of esters is 1. The summed E-state index contributed by atoms with van der Waals surface area (Å²) in [6.07, 6.45) is 3.53. The SMILES string of the molecule is CCOC(=O)/C=C(/C)N1NC(c2cccs2)=C[C@@H]1c1ccc(F)cc1. The standard InChI is InChI=1S/C19H19FN2O2S/c1-3-24-19(23)11-13(2)22-17(14-6-8-15(20)9-7-14)12-16(21-22)18-5-4-10-25-18/h4-12,17,21H,3H2,1-2H3/b13-11-/t17-/m1/s1. The van der Waals surface area contributed by atoms with Crippen LogP contribution in [0.15, 0.2) is 59.6 Å². The predicted octanol–water partition coefficient (Wildman–Crippen LogP) is 4.26. The van der Waals surface area contributed by atoms with Crippen LogP contribution in [-0.2, 0) is 9.53 Å². The number of thiophene rings is 1. The summed E-state index contributed by atoms with van der Waals surface area (Å²) in [5, 5.41) is 3.90. The fourth-order valence-electron chi connectivity index (χ4n) is 2.67. The molecule has 3 rings (SSSR count). The summed E-state index contributed by atoms with van der Waals surface area (Å²) in [7, 11) is 0. The summed E-state index contributed by atoms with van der Waals surface area (Å²) in [6.45, 7) is 3.94. The number of carbonyl (C=O) groups is 1. The van der Waals surface area contributed by atoms with Gasteiger partial charge in [-0.2, -0.15) is 0 Å². The zero-order valence-electron chi connectivity index (χ0n) is 14.0. The molecule has 0 spiro atoms. The first kappa shape index (κ1) is 17.2. The topological polar surface area (TPSA) is 41.6 Å². The first-order valence-corrected chi connectivity index (χ1v) is 8.88. The molecule has 0 aliphatic carbocycles. The van der Waals surface area contributed by atoms with Gasteiger partial charge < -0.3 is 4.74 Å². The number of nitrogens with one attached hydrogen (secondary N) is 1. The third-order valence-electron chi connectivity index (χ3n) is 3.84. The second kappa shape index (κ2) is 7.53. The predicted molar refractivity (Wildman–Crippen MR) is 96.8 cm³/mol. The summed E-state index contributed by atoms with van der Waals surface area (Å²) >= 11 is 1.63. The molecule has 0 unspecified atom stereocenters. The Morgan fingerprint density at radius 1 is 1.36 bits per heavy atom. The van der Waals surface area contributed by atoms with Gasteiger partial charge in [-0.1, -0.05) is 18.2 Å². The normalized spacial score (nSPS) is 17.2. The Kier molecular flexibility index (Phi) is 5.19. The molecular weight excluding hydrogens is 339 g/mol. The van der Waals surface area contributed by atoms with Crippen LogP contribution in [0.4, 0.5) is 4.39 Å². The number of benzene rings is 1. The molecule has 0 radical (unpaired) electrons. The monoisotopic (exact) mass is 358 g/mol. The average Bonchev–Trinajstić information content (AvgIpc) is 3.25. The van der Waals surface area contributed by atoms with E-state index in [0.717, 1.165) is 21.8 Å². The van der Waals surface area contributed by atoms with Gasteiger partial charge in [0.15, 0.2) is 0 Å². The zero-order chi connectivity index (χ0) is 17.8. The number of carbonyl (C=O) groups excluding carboxylic acids is 1. The van der Waals surface area contributed by atoms with E-state index in [4.69, 9.17) is 4.74 Å². The molecule has 2 heterocycles. The van der Waals surface area contributed by atoms with Crippen LogP contribution in [0.3, 0.4) is 0 Å². The lowest BCUT2D eigenvalue weighted by Gasteiger charge is -2.28. The summed E-state index contributed by atoms with van der Waals surface area (Å²) in [6, 6.07) is 10.2. The molecule has 1 aliphatic rings. The van der Waals surface area contributed by atoms with Crippen LogP contribution in [0.5, 0.6) is 0 Å². The molecular formula is C19H19FN2O2S. The lowest BCUT2D eigenvalue weighted by molar-refractivity contribution is -0.137. The maximum absolute atomic E-state index is 13.3. The van der Waals surface area contributed by atoms with E-state index in [1.807, 2.05) is 29.4 Å². The van der Waals surface area contributed by atoms with Gasteiger partial charge in [-0.15, -0.1) is 11.3 Å². The Balaban J connectivity index is 1.93. The smallest absolute Gasteiger partial charge is 0.332 e. The van der Waals surface area contributed by atoms with Crippen LogP contribution >= 0.6 is 11.3 Å². The van der Waals surface area contributed by atoms with Crippen molar-refractivity contribution in [1.29, 1.82) is 0 Å². The number of rotatable bonds is 5. The van der Waals surface area contributed by atoms with Gasteiger partial charge in [0.05, 0.1) is 23.2 Å². The molecule has 1 N–H and O–H groups in total. The number of halogens is 1. The van der Waals surface area contributed by atoms with E-state index < -0.39 is 0 Å². The van der Waals surface area contributed by atoms with Crippen molar-refractivity contribution in [2.75, 3.05) is 6.61 Å². The maximum Gasteiger partial charge on any atom is 0.332 e. The molecule has 0 saturated carbocycles. The zero-order valence-corrected chi connectivity index (χ0v) is 14.8. The maximum atomic E-state index is 13.3. The van der Waals surface area contributed by atoms with E-state index in [0.29, 0.717) is 6.61 Å². The Morgan fingerprint density at radius 3 is 2.76 bits per heavy atom. The Hall–Kier alpha value is -2.60. The summed E-state index contributed by atoms with van der Waals surface area (Å²) in [5.41, 5.74) is 5.94. The van der Waals surface area contributed by atoms with Crippen molar-refractivity contribution in [3.05, 3.63) is 75.9 Å². The van der Waals surface area contributed by atoms with E-state index in [1.54, 1.807) is 30.4 Å². The van der Waals surface area contributed by atoms with Crippen molar-refractivity contribution in [3.63, 3.8) is 0 Å². The molecule has 0 fully saturated rings. The van der Waals surface area contributed by atoms with Gasteiger partial charge in [-0.3, -0.25) is 10.4 Å². The van der Waals surface area contributed by atoms with Gasteiger partial charge in [0.1, 0.15) is 5.82 Å². The highest BCUT2D eigenvalue weighted by atomic mass is 32.1. The second-order valence-electron chi connectivity index (χ2n) is 5.57. The van der Waals surface area contributed by atoms with Gasteiger partial charge in [0.25, 0.3) is 0 Å². The highest BCUT2D eigenvalue weighted by Crippen LogP contribution is 2.35. The highest BCUT2D eigenvalue weighted by molar-refractivity contribution is 7.11. The molecule has 1 aromatic carbocycles. The van der Waals surface area contributed by atoms with Crippen LogP contribution in [0, 0.1) is 5.82 Å². The number of hydrogen-bond acceptors (Lipinski definition) is 5. The van der Waals surface area contributed by atoms with Crippen LogP contribution in [0.25, 0.3) is 5.70 Å². The molecule has 1 aliphatic heterocycles. The largest absolute Gasteiger partial charge is 0.463 e. The quantitative estimate of drug-likeness (QED) is 0.641. The molecule has 0 saturated heterocycles. The minimum absolute atomic E-state index is 0.150. The van der Waals surface area contributed by atoms with Gasteiger partial charge in [0.2, 0.25) is 0 Å². The summed E-state index contributed by atoms with van der Waals surface area (Å²) in [4.78, 5) is 12.9. The summed E-state index contributed by atoms with van der Waals surface area (Å²) < 4.78 is 18.3. The van der Waals surface area contributed by atoms with Gasteiger partial charge >= 0.3 is 5.97 Å². The molecule has 0 amide bonds. The molecule has 1 aromatic heterocycles. The van der Waals surface area contributed by atoms with Crippen molar-refractivity contribution in [1.82, 2.24) is 10.4 Å². The van der Waals surface area contributed by atoms with Crippen molar-refractivity contribution < 1.29 is 13.9 Å². The summed E-state index contributed by atoms with van der Waals surface area (Å²) in [5.74, 6) is -0.660. The molecule has 0 bridgehead atoms. The Labute approximate surface area is 150 Å². The first-order chi connectivity index (χ1) is 12.1. The fraction of sp³-hybridized carbons (Fsp3) is 0.211. The second-order valence-corrected chi connectivity index (χ2v) is 6.52.